The van der Waals surface area contributed by atoms with Gasteiger partial charge in [-0.05, 0) is 37.6 Å². The zero-order valence-electron chi connectivity index (χ0n) is 17.4. The van der Waals surface area contributed by atoms with Gasteiger partial charge in [-0.2, -0.15) is 13.2 Å². The Labute approximate surface area is 201 Å². The highest BCUT2D eigenvalue weighted by atomic mass is 127. The Bertz CT molecular complexity index is 840. The lowest BCUT2D eigenvalue weighted by Gasteiger charge is -2.12. The van der Waals surface area contributed by atoms with Crippen molar-refractivity contribution in [3.63, 3.8) is 0 Å². The van der Waals surface area contributed by atoms with Gasteiger partial charge in [-0.3, -0.25) is 9.79 Å². The van der Waals surface area contributed by atoms with Gasteiger partial charge in [0.05, 0.1) is 10.6 Å². The summed E-state index contributed by atoms with van der Waals surface area (Å²) in [6.07, 6.45) is -0.791. The summed E-state index contributed by atoms with van der Waals surface area (Å²) in [7, 11) is 0. The summed E-state index contributed by atoms with van der Waals surface area (Å²) in [5.74, 6) is 0.205. The third kappa shape index (κ3) is 9.42. The van der Waals surface area contributed by atoms with E-state index in [1.807, 2.05) is 13.1 Å². The minimum atomic E-state index is -4.42. The van der Waals surface area contributed by atoms with E-state index in [1.165, 1.54) is 17.0 Å². The van der Waals surface area contributed by atoms with Crippen LogP contribution < -0.4 is 16.0 Å². The van der Waals surface area contributed by atoms with Gasteiger partial charge < -0.3 is 16.0 Å². The van der Waals surface area contributed by atoms with Crippen LogP contribution in [0.2, 0.25) is 0 Å². The van der Waals surface area contributed by atoms with Crippen LogP contribution in [0, 0.1) is 0 Å². The van der Waals surface area contributed by atoms with Gasteiger partial charge in [-0.15, -0.1) is 35.3 Å². The number of amides is 1. The summed E-state index contributed by atoms with van der Waals surface area (Å²) in [6.45, 7) is 6.06. The first kappa shape index (κ1) is 27.1. The molecule has 2 aromatic rings. The summed E-state index contributed by atoms with van der Waals surface area (Å²) in [5, 5.41) is 9.97. The van der Waals surface area contributed by atoms with E-state index >= 15 is 0 Å². The highest BCUT2D eigenvalue weighted by Crippen LogP contribution is 2.29. The summed E-state index contributed by atoms with van der Waals surface area (Å²) >= 11 is 1.69. The number of thiazole rings is 1. The average molecular weight is 569 g/mol. The third-order valence-corrected chi connectivity index (χ3v) is 5.27. The number of aliphatic imine (C=N–C) groups is 1. The molecule has 1 heterocycles. The van der Waals surface area contributed by atoms with Crippen molar-refractivity contribution in [3.05, 3.63) is 51.5 Å². The number of rotatable bonds is 9. The summed E-state index contributed by atoms with van der Waals surface area (Å²) in [4.78, 5) is 22.2. The van der Waals surface area contributed by atoms with E-state index in [0.29, 0.717) is 32.1 Å². The maximum absolute atomic E-state index is 12.6. The van der Waals surface area contributed by atoms with Crippen molar-refractivity contribution in [1.29, 1.82) is 0 Å². The maximum Gasteiger partial charge on any atom is 0.416 e. The van der Waals surface area contributed by atoms with Crippen LogP contribution in [-0.2, 0) is 19.0 Å². The molecule has 0 saturated carbocycles. The van der Waals surface area contributed by atoms with Gasteiger partial charge in [0.1, 0.15) is 0 Å². The Kier molecular flexibility index (Phi) is 11.8. The van der Waals surface area contributed by atoms with Crippen LogP contribution >= 0.6 is 35.3 Å². The van der Waals surface area contributed by atoms with Crippen LogP contribution in [0.1, 0.15) is 39.7 Å². The van der Waals surface area contributed by atoms with Gasteiger partial charge in [-0.25, -0.2) is 4.98 Å². The van der Waals surface area contributed by atoms with Crippen molar-refractivity contribution in [3.8, 4) is 0 Å². The van der Waals surface area contributed by atoms with E-state index < -0.39 is 17.6 Å². The molecule has 2 rings (SSSR count). The first-order valence-corrected chi connectivity index (χ1v) is 10.6. The number of aromatic nitrogens is 1. The summed E-state index contributed by atoms with van der Waals surface area (Å²) in [6, 6.07) is 4.13. The van der Waals surface area contributed by atoms with Crippen LogP contribution in [0.25, 0.3) is 0 Å². The largest absolute Gasteiger partial charge is 0.416 e. The molecule has 0 fully saturated rings. The van der Waals surface area contributed by atoms with Gasteiger partial charge >= 0.3 is 6.18 Å². The fourth-order valence-corrected chi connectivity index (χ4v) is 3.35. The lowest BCUT2D eigenvalue weighted by atomic mass is 10.1. The molecule has 0 unspecified atom stereocenters. The standard InChI is InChI=1S/C20H26F3N5OS.HI/c1-3-16-13-28-17(30-16)9-10-26-19(24-4-2)27-12-11-25-18(29)14-5-7-15(8-6-14)20(21,22)23;/h5-8,13H,3-4,9-12H2,1-2H3,(H,25,29)(H2,24,26,27);1H. The van der Waals surface area contributed by atoms with E-state index in [0.717, 1.165) is 30.0 Å². The molecule has 0 aliphatic rings. The first-order valence-electron chi connectivity index (χ1n) is 9.74. The van der Waals surface area contributed by atoms with Gasteiger partial charge in [-0.1, -0.05) is 6.92 Å². The van der Waals surface area contributed by atoms with Crippen LogP contribution in [0.15, 0.2) is 35.5 Å². The molecule has 0 saturated heterocycles. The number of nitrogens with one attached hydrogen (secondary N) is 3. The van der Waals surface area contributed by atoms with E-state index in [1.54, 1.807) is 11.3 Å². The molecule has 0 spiro atoms. The molecule has 0 atom stereocenters. The van der Waals surface area contributed by atoms with Crippen molar-refractivity contribution >= 4 is 47.2 Å². The molecule has 0 aliphatic carbocycles. The molecule has 0 bridgehead atoms. The molecule has 1 aromatic carbocycles. The fraction of sp³-hybridized carbons (Fsp3) is 0.450. The highest BCUT2D eigenvalue weighted by Gasteiger charge is 2.30. The van der Waals surface area contributed by atoms with E-state index in [-0.39, 0.29) is 29.5 Å². The number of aryl methyl sites for hydroxylation is 1. The maximum atomic E-state index is 12.6. The van der Waals surface area contributed by atoms with Crippen molar-refractivity contribution in [1.82, 2.24) is 20.9 Å². The topological polar surface area (TPSA) is 78.4 Å². The molecule has 0 radical (unpaired) electrons. The van der Waals surface area contributed by atoms with Crippen molar-refractivity contribution in [2.45, 2.75) is 32.9 Å². The number of halogens is 4. The number of guanidine groups is 1. The molecule has 6 nitrogen and oxygen atoms in total. The van der Waals surface area contributed by atoms with Crippen LogP contribution in [0.3, 0.4) is 0 Å². The zero-order valence-corrected chi connectivity index (χ0v) is 20.5. The van der Waals surface area contributed by atoms with E-state index in [4.69, 9.17) is 0 Å². The Morgan fingerprint density at radius 1 is 1.10 bits per heavy atom. The van der Waals surface area contributed by atoms with Gasteiger partial charge in [0.25, 0.3) is 5.91 Å². The van der Waals surface area contributed by atoms with Crippen molar-refractivity contribution < 1.29 is 18.0 Å². The molecular weight excluding hydrogens is 542 g/mol. The second-order valence-electron chi connectivity index (χ2n) is 6.34. The van der Waals surface area contributed by atoms with Crippen LogP contribution in [0.4, 0.5) is 13.2 Å². The van der Waals surface area contributed by atoms with Crippen LogP contribution in [0.5, 0.6) is 0 Å². The number of hydrogen-bond donors (Lipinski definition) is 3. The molecular formula is C20H27F3IN5OS. The number of carbonyl (C=O) groups is 1. The highest BCUT2D eigenvalue weighted by molar-refractivity contribution is 14.0. The minimum Gasteiger partial charge on any atom is -0.357 e. The Morgan fingerprint density at radius 3 is 2.35 bits per heavy atom. The molecule has 0 aliphatic heterocycles. The van der Waals surface area contributed by atoms with Gasteiger partial charge in [0, 0.05) is 49.2 Å². The van der Waals surface area contributed by atoms with Crippen molar-refractivity contribution in [2.24, 2.45) is 4.99 Å². The Hall–Kier alpha value is -1.89. The van der Waals surface area contributed by atoms with E-state index in [2.05, 4.69) is 32.9 Å². The molecule has 1 aromatic heterocycles. The number of alkyl halides is 3. The van der Waals surface area contributed by atoms with E-state index in [9.17, 15) is 18.0 Å². The second-order valence-corrected chi connectivity index (χ2v) is 7.54. The van der Waals surface area contributed by atoms with Crippen LogP contribution in [-0.4, -0.2) is 43.0 Å². The quantitative estimate of drug-likeness (QED) is 0.186. The Balaban J connectivity index is 0.00000480. The number of nitrogens with zero attached hydrogens (tertiary/aromatic N) is 2. The number of benzene rings is 1. The predicted molar refractivity (Wildman–Crippen MR) is 128 cm³/mol. The van der Waals surface area contributed by atoms with Gasteiger partial charge in [0.2, 0.25) is 0 Å². The number of carbonyl (C=O) groups excluding carboxylic acids is 1. The summed E-state index contributed by atoms with van der Waals surface area (Å²) in [5.41, 5.74) is -0.602. The molecule has 172 valence electrons. The van der Waals surface area contributed by atoms with Gasteiger partial charge in [0.15, 0.2) is 5.96 Å². The Morgan fingerprint density at radius 2 is 1.77 bits per heavy atom. The summed E-state index contributed by atoms with van der Waals surface area (Å²) < 4.78 is 37.7. The molecule has 11 heteroatoms. The molecule has 31 heavy (non-hydrogen) atoms. The second kappa shape index (κ2) is 13.5. The fourth-order valence-electron chi connectivity index (χ4n) is 2.50. The number of hydrogen-bond acceptors (Lipinski definition) is 4. The molecule has 1 amide bonds. The SMILES string of the molecule is CCNC(=NCCc1ncc(CC)s1)NCCNC(=O)c1ccc(C(F)(F)F)cc1.I. The lowest BCUT2D eigenvalue weighted by molar-refractivity contribution is -0.137. The lowest BCUT2D eigenvalue weighted by Crippen LogP contribution is -2.41. The predicted octanol–water partition coefficient (Wildman–Crippen LogP) is 3.87. The smallest absolute Gasteiger partial charge is 0.357 e. The third-order valence-electron chi connectivity index (χ3n) is 4.07. The zero-order chi connectivity index (χ0) is 22.0. The normalized spacial score (nSPS) is 11.6. The first-order chi connectivity index (χ1) is 14.3. The molecule has 3 N–H and O–H groups in total. The minimum absolute atomic E-state index is 0. The van der Waals surface area contributed by atoms with Crippen molar-refractivity contribution in [2.75, 3.05) is 26.2 Å². The monoisotopic (exact) mass is 569 g/mol. The average Bonchev–Trinajstić information content (AvgIpc) is 3.18.